The van der Waals surface area contributed by atoms with Gasteiger partial charge in [0.25, 0.3) is 0 Å². The van der Waals surface area contributed by atoms with Crippen molar-refractivity contribution in [3.05, 3.63) is 29.0 Å². The number of piperazine rings is 1. The number of carbonyl (C=O) groups excluding carboxylic acids is 2. The minimum atomic E-state index is -0.530. The second-order valence-electron chi connectivity index (χ2n) is 6.31. The van der Waals surface area contributed by atoms with Crippen molar-refractivity contribution in [1.82, 2.24) is 14.7 Å². The van der Waals surface area contributed by atoms with E-state index in [1.807, 2.05) is 9.80 Å². The molecule has 0 radical (unpaired) electrons. The van der Waals surface area contributed by atoms with E-state index < -0.39 is 5.82 Å². The van der Waals surface area contributed by atoms with Crippen LogP contribution in [0.15, 0.2) is 18.2 Å². The lowest BCUT2D eigenvalue weighted by atomic mass is 10.3. The molecule has 1 aromatic carbocycles. The second kappa shape index (κ2) is 8.66. The van der Waals surface area contributed by atoms with Crippen LogP contribution in [0.5, 0.6) is 0 Å². The molecule has 3 rings (SSSR count). The highest BCUT2D eigenvalue weighted by atomic mass is 35.5. The Morgan fingerprint density at radius 1 is 1.08 bits per heavy atom. The van der Waals surface area contributed by atoms with Gasteiger partial charge in [-0.1, -0.05) is 11.6 Å². The van der Waals surface area contributed by atoms with Crippen LogP contribution in [0.4, 0.5) is 14.9 Å². The van der Waals surface area contributed by atoms with Gasteiger partial charge in [0.15, 0.2) is 0 Å². The fraction of sp³-hybridized carbons (Fsp3) is 0.529. The number of nitrogens with zero attached hydrogens (tertiary/aromatic N) is 3. The molecule has 0 aliphatic carbocycles. The topological polar surface area (TPSA) is 65.1 Å². The molecule has 1 aromatic rings. The smallest absolute Gasteiger partial charge is 0.322 e. The maximum Gasteiger partial charge on any atom is 0.322 e. The van der Waals surface area contributed by atoms with Crippen molar-refractivity contribution in [3.8, 4) is 0 Å². The summed E-state index contributed by atoms with van der Waals surface area (Å²) in [7, 11) is 0. The minimum absolute atomic E-state index is 0.0624. The molecule has 9 heteroatoms. The summed E-state index contributed by atoms with van der Waals surface area (Å²) in [6.45, 7) is 4.93. The van der Waals surface area contributed by atoms with Gasteiger partial charge >= 0.3 is 6.03 Å². The molecule has 26 heavy (non-hydrogen) atoms. The van der Waals surface area contributed by atoms with Crippen LogP contribution in [0.3, 0.4) is 0 Å². The zero-order valence-corrected chi connectivity index (χ0v) is 15.2. The number of morpholine rings is 1. The lowest BCUT2D eigenvalue weighted by molar-refractivity contribution is -0.136. The number of halogens is 2. The lowest BCUT2D eigenvalue weighted by Crippen LogP contribution is -2.53. The van der Waals surface area contributed by atoms with Gasteiger partial charge in [0, 0.05) is 44.3 Å². The van der Waals surface area contributed by atoms with Crippen LogP contribution in [0.2, 0.25) is 5.02 Å². The summed E-state index contributed by atoms with van der Waals surface area (Å²) < 4.78 is 19.0. The summed E-state index contributed by atoms with van der Waals surface area (Å²) in [5, 5.41) is 2.90. The summed E-state index contributed by atoms with van der Waals surface area (Å²) in [6.07, 6.45) is 0. The summed E-state index contributed by atoms with van der Waals surface area (Å²) >= 11 is 5.84. The van der Waals surface area contributed by atoms with Crippen molar-refractivity contribution in [3.63, 3.8) is 0 Å². The van der Waals surface area contributed by atoms with E-state index in [-0.39, 0.29) is 17.6 Å². The molecule has 142 valence electrons. The minimum Gasteiger partial charge on any atom is -0.378 e. The second-order valence-corrected chi connectivity index (χ2v) is 6.75. The molecule has 2 aliphatic heterocycles. The van der Waals surface area contributed by atoms with E-state index in [0.29, 0.717) is 64.0 Å². The standard InChI is InChI=1S/C17H22ClFN4O3/c18-13-1-2-14(19)15(11-13)20-17(25)23-5-3-21(4-6-23)12-16(24)22-7-9-26-10-8-22/h1-2,11H,3-10,12H2,(H,20,25). The van der Waals surface area contributed by atoms with Gasteiger partial charge in [0.2, 0.25) is 5.91 Å². The van der Waals surface area contributed by atoms with Crippen molar-refractivity contribution in [2.75, 3.05) is 64.3 Å². The van der Waals surface area contributed by atoms with Gasteiger partial charge in [-0.2, -0.15) is 0 Å². The number of hydrogen-bond donors (Lipinski definition) is 1. The zero-order chi connectivity index (χ0) is 18.5. The van der Waals surface area contributed by atoms with Gasteiger partial charge in [-0.3, -0.25) is 9.69 Å². The summed E-state index contributed by atoms with van der Waals surface area (Å²) in [4.78, 5) is 30.0. The fourth-order valence-corrected chi connectivity index (χ4v) is 3.17. The molecular weight excluding hydrogens is 363 g/mol. The molecule has 0 saturated carbocycles. The molecule has 2 aliphatic rings. The maximum absolute atomic E-state index is 13.7. The maximum atomic E-state index is 13.7. The first-order valence-electron chi connectivity index (χ1n) is 8.62. The third kappa shape index (κ3) is 4.84. The number of carbonyl (C=O) groups is 2. The average molecular weight is 385 g/mol. The lowest BCUT2D eigenvalue weighted by Gasteiger charge is -2.36. The predicted octanol–water partition coefficient (Wildman–Crippen LogP) is 1.49. The normalized spacial score (nSPS) is 18.7. The fourth-order valence-electron chi connectivity index (χ4n) is 3.00. The Hall–Kier alpha value is -1.90. The van der Waals surface area contributed by atoms with E-state index in [0.717, 1.165) is 0 Å². The zero-order valence-electron chi connectivity index (χ0n) is 14.4. The van der Waals surface area contributed by atoms with Crippen molar-refractivity contribution in [2.24, 2.45) is 0 Å². The van der Waals surface area contributed by atoms with E-state index in [4.69, 9.17) is 16.3 Å². The first kappa shape index (κ1) is 18.9. The van der Waals surface area contributed by atoms with E-state index >= 15 is 0 Å². The largest absolute Gasteiger partial charge is 0.378 e. The molecular formula is C17H22ClFN4O3. The van der Waals surface area contributed by atoms with Gasteiger partial charge < -0.3 is 19.9 Å². The van der Waals surface area contributed by atoms with Crippen LogP contribution in [0, 0.1) is 5.82 Å². The van der Waals surface area contributed by atoms with Gasteiger partial charge in [0.05, 0.1) is 25.4 Å². The Labute approximate surface area is 156 Å². The molecule has 2 fully saturated rings. The van der Waals surface area contributed by atoms with E-state index in [1.165, 1.54) is 18.2 Å². The van der Waals surface area contributed by atoms with Crippen molar-refractivity contribution in [1.29, 1.82) is 0 Å². The highest BCUT2D eigenvalue weighted by Gasteiger charge is 2.25. The number of rotatable bonds is 3. The Morgan fingerprint density at radius 3 is 2.46 bits per heavy atom. The Balaban J connectivity index is 1.46. The van der Waals surface area contributed by atoms with Crippen molar-refractivity contribution >= 4 is 29.2 Å². The molecule has 0 unspecified atom stereocenters. The molecule has 7 nitrogen and oxygen atoms in total. The van der Waals surface area contributed by atoms with Crippen LogP contribution in [0.25, 0.3) is 0 Å². The molecule has 2 heterocycles. The first-order chi connectivity index (χ1) is 12.5. The molecule has 0 aromatic heterocycles. The van der Waals surface area contributed by atoms with Gasteiger partial charge in [-0.05, 0) is 18.2 Å². The van der Waals surface area contributed by atoms with E-state index in [2.05, 4.69) is 5.32 Å². The van der Waals surface area contributed by atoms with Crippen LogP contribution >= 0.6 is 11.6 Å². The molecule has 0 spiro atoms. The molecule has 0 bridgehead atoms. The number of benzene rings is 1. The van der Waals surface area contributed by atoms with Crippen molar-refractivity contribution < 1.29 is 18.7 Å². The number of urea groups is 1. The van der Waals surface area contributed by atoms with Crippen LogP contribution < -0.4 is 5.32 Å². The average Bonchev–Trinajstić information content (AvgIpc) is 2.66. The van der Waals surface area contributed by atoms with Crippen LogP contribution in [-0.2, 0) is 9.53 Å². The Kier molecular flexibility index (Phi) is 6.29. The number of hydrogen-bond acceptors (Lipinski definition) is 4. The SMILES string of the molecule is O=C(CN1CCN(C(=O)Nc2cc(Cl)ccc2F)CC1)N1CCOCC1. The third-order valence-electron chi connectivity index (χ3n) is 4.55. The monoisotopic (exact) mass is 384 g/mol. The summed E-state index contributed by atoms with van der Waals surface area (Å²) in [5.74, 6) is -0.440. The highest BCUT2D eigenvalue weighted by Crippen LogP contribution is 2.20. The number of anilines is 1. The quantitative estimate of drug-likeness (QED) is 0.857. The molecule has 3 amide bonds. The van der Waals surface area contributed by atoms with Gasteiger partial charge in [-0.15, -0.1) is 0 Å². The molecule has 0 atom stereocenters. The number of amides is 3. The molecule has 1 N–H and O–H groups in total. The summed E-state index contributed by atoms with van der Waals surface area (Å²) in [6, 6.07) is 3.65. The van der Waals surface area contributed by atoms with Crippen molar-refractivity contribution in [2.45, 2.75) is 0 Å². The highest BCUT2D eigenvalue weighted by molar-refractivity contribution is 6.30. The van der Waals surface area contributed by atoms with Gasteiger partial charge in [0.1, 0.15) is 5.82 Å². The van der Waals surface area contributed by atoms with Crippen LogP contribution in [-0.4, -0.2) is 85.7 Å². The first-order valence-corrected chi connectivity index (χ1v) is 8.99. The predicted molar refractivity (Wildman–Crippen MR) is 95.8 cm³/mol. The molecule has 2 saturated heterocycles. The number of ether oxygens (including phenoxy) is 1. The van der Waals surface area contributed by atoms with E-state index in [1.54, 1.807) is 4.90 Å². The third-order valence-corrected chi connectivity index (χ3v) is 4.79. The van der Waals surface area contributed by atoms with Crippen LogP contribution in [0.1, 0.15) is 0 Å². The van der Waals surface area contributed by atoms with Gasteiger partial charge in [-0.25, -0.2) is 9.18 Å². The van der Waals surface area contributed by atoms with E-state index in [9.17, 15) is 14.0 Å². The number of nitrogens with one attached hydrogen (secondary N) is 1. The summed E-state index contributed by atoms with van der Waals surface area (Å²) in [5.41, 5.74) is 0.0624. The Bertz CT molecular complexity index is 661. The Morgan fingerprint density at radius 2 is 1.77 bits per heavy atom.